The molecule has 1 aromatic rings. The maximum absolute atomic E-state index is 5.69. The Kier molecular flexibility index (Phi) is 7.52. The highest BCUT2D eigenvalue weighted by molar-refractivity contribution is 7.98. The molecule has 0 bridgehead atoms. The molecule has 0 aliphatic heterocycles. The van der Waals surface area contributed by atoms with Crippen molar-refractivity contribution in [1.29, 1.82) is 0 Å². The molecule has 0 saturated carbocycles. The van der Waals surface area contributed by atoms with E-state index >= 15 is 0 Å². The zero-order chi connectivity index (χ0) is 13.2. The Hall–Kier alpha value is -1.01. The maximum Gasteiger partial charge on any atom is 0.191 e. The van der Waals surface area contributed by atoms with Crippen molar-refractivity contribution in [1.82, 2.24) is 9.97 Å². The molecule has 0 aliphatic carbocycles. The fourth-order valence-electron chi connectivity index (χ4n) is 1.36. The predicted molar refractivity (Wildman–Crippen MR) is 77.1 cm³/mol. The smallest absolute Gasteiger partial charge is 0.191 e. The summed E-state index contributed by atoms with van der Waals surface area (Å²) < 4.78 is 5.48. The van der Waals surface area contributed by atoms with Gasteiger partial charge in [-0.25, -0.2) is 9.97 Å². The van der Waals surface area contributed by atoms with Gasteiger partial charge in [0.1, 0.15) is 11.6 Å². The molecular formula is C12H22N4OS. The maximum atomic E-state index is 5.69. The van der Waals surface area contributed by atoms with Crippen molar-refractivity contribution in [3.63, 3.8) is 0 Å². The van der Waals surface area contributed by atoms with Crippen LogP contribution < -0.4 is 11.1 Å². The Bertz CT molecular complexity index is 349. The first-order valence-corrected chi connectivity index (χ1v) is 7.49. The van der Waals surface area contributed by atoms with Crippen molar-refractivity contribution in [3.8, 4) is 0 Å². The molecule has 0 aliphatic rings. The van der Waals surface area contributed by atoms with Crippen LogP contribution in [0.5, 0.6) is 0 Å². The average molecular weight is 270 g/mol. The SMILES string of the molecule is CCCCOCCCNc1cc(N)nc(SC)n1. The molecule has 0 atom stereocenters. The fraction of sp³-hybridized carbons (Fsp3) is 0.667. The van der Waals surface area contributed by atoms with Crippen molar-refractivity contribution in [3.05, 3.63) is 6.07 Å². The second-order valence-corrected chi connectivity index (χ2v) is 4.68. The number of anilines is 2. The van der Waals surface area contributed by atoms with Crippen molar-refractivity contribution in [2.75, 3.05) is 37.1 Å². The van der Waals surface area contributed by atoms with Crippen molar-refractivity contribution >= 4 is 23.4 Å². The Morgan fingerprint density at radius 1 is 1.33 bits per heavy atom. The van der Waals surface area contributed by atoms with E-state index < -0.39 is 0 Å². The van der Waals surface area contributed by atoms with Crippen LogP contribution in [0.3, 0.4) is 0 Å². The quantitative estimate of drug-likeness (QED) is 0.408. The zero-order valence-corrected chi connectivity index (χ0v) is 11.9. The topological polar surface area (TPSA) is 73.1 Å². The first kappa shape index (κ1) is 15.0. The van der Waals surface area contributed by atoms with Crippen molar-refractivity contribution in [2.45, 2.75) is 31.3 Å². The summed E-state index contributed by atoms with van der Waals surface area (Å²) in [7, 11) is 0. The second-order valence-electron chi connectivity index (χ2n) is 3.91. The van der Waals surface area contributed by atoms with Gasteiger partial charge in [-0.05, 0) is 19.1 Å². The molecule has 1 aromatic heterocycles. The van der Waals surface area contributed by atoms with Crippen molar-refractivity contribution < 1.29 is 4.74 Å². The summed E-state index contributed by atoms with van der Waals surface area (Å²) in [5.74, 6) is 1.27. The highest BCUT2D eigenvalue weighted by atomic mass is 32.2. The van der Waals surface area contributed by atoms with E-state index in [9.17, 15) is 0 Å². The number of unbranched alkanes of at least 4 members (excludes halogenated alkanes) is 1. The molecule has 0 unspecified atom stereocenters. The Labute approximate surface area is 113 Å². The van der Waals surface area contributed by atoms with Crippen LogP contribution in [0.2, 0.25) is 0 Å². The van der Waals surface area contributed by atoms with Gasteiger partial charge in [0.05, 0.1) is 0 Å². The number of nitrogens with one attached hydrogen (secondary N) is 1. The van der Waals surface area contributed by atoms with E-state index in [1.807, 2.05) is 6.26 Å². The number of hydrogen-bond donors (Lipinski definition) is 2. The Balaban J connectivity index is 2.20. The van der Waals surface area contributed by atoms with Gasteiger partial charge in [-0.2, -0.15) is 0 Å². The minimum absolute atomic E-state index is 0.496. The van der Waals surface area contributed by atoms with Gasteiger partial charge in [-0.15, -0.1) is 0 Å². The monoisotopic (exact) mass is 270 g/mol. The number of rotatable bonds is 9. The molecule has 1 rings (SSSR count). The van der Waals surface area contributed by atoms with Crippen LogP contribution in [0.25, 0.3) is 0 Å². The summed E-state index contributed by atoms with van der Waals surface area (Å²) in [5.41, 5.74) is 5.69. The standard InChI is InChI=1S/C12H22N4OS/c1-3-4-7-17-8-5-6-14-11-9-10(13)15-12(16-11)18-2/h9H,3-8H2,1-2H3,(H3,13,14,15,16). The van der Waals surface area contributed by atoms with E-state index in [1.165, 1.54) is 18.2 Å². The third-order valence-electron chi connectivity index (χ3n) is 2.32. The lowest BCUT2D eigenvalue weighted by molar-refractivity contribution is 0.131. The largest absolute Gasteiger partial charge is 0.383 e. The molecule has 0 radical (unpaired) electrons. The lowest BCUT2D eigenvalue weighted by Crippen LogP contribution is -2.08. The lowest BCUT2D eigenvalue weighted by atomic mass is 10.3. The number of nitrogens with two attached hydrogens (primary N) is 1. The van der Waals surface area contributed by atoms with Gasteiger partial charge in [0.15, 0.2) is 5.16 Å². The number of nitrogens with zero attached hydrogens (tertiary/aromatic N) is 2. The number of hydrogen-bond acceptors (Lipinski definition) is 6. The molecule has 102 valence electrons. The second kappa shape index (κ2) is 8.99. The Morgan fingerprint density at radius 3 is 2.83 bits per heavy atom. The van der Waals surface area contributed by atoms with Crippen LogP contribution >= 0.6 is 11.8 Å². The van der Waals surface area contributed by atoms with E-state index in [1.54, 1.807) is 6.07 Å². The summed E-state index contributed by atoms with van der Waals surface area (Å²) in [4.78, 5) is 8.41. The minimum atomic E-state index is 0.496. The normalized spacial score (nSPS) is 10.6. The highest BCUT2D eigenvalue weighted by Gasteiger charge is 2.00. The number of thioether (sulfide) groups is 1. The van der Waals surface area contributed by atoms with Gasteiger partial charge in [-0.3, -0.25) is 0 Å². The molecule has 0 spiro atoms. The molecule has 0 saturated heterocycles. The molecule has 5 nitrogen and oxygen atoms in total. The third kappa shape index (κ3) is 6.07. The van der Waals surface area contributed by atoms with E-state index in [0.29, 0.717) is 11.0 Å². The molecular weight excluding hydrogens is 248 g/mol. The summed E-state index contributed by atoms with van der Waals surface area (Å²) in [6, 6.07) is 1.75. The van der Waals surface area contributed by atoms with E-state index in [4.69, 9.17) is 10.5 Å². The first-order valence-electron chi connectivity index (χ1n) is 6.26. The molecule has 0 amide bonds. The molecule has 6 heteroatoms. The number of aromatic nitrogens is 2. The predicted octanol–water partition coefficient (Wildman–Crippen LogP) is 2.40. The van der Waals surface area contributed by atoms with Crippen LogP contribution in [0.15, 0.2) is 11.2 Å². The lowest BCUT2D eigenvalue weighted by Gasteiger charge is -2.07. The van der Waals surface area contributed by atoms with Crippen LogP contribution in [-0.4, -0.2) is 36.0 Å². The van der Waals surface area contributed by atoms with Crippen LogP contribution in [0.1, 0.15) is 26.2 Å². The fourth-order valence-corrected chi connectivity index (χ4v) is 1.75. The molecule has 18 heavy (non-hydrogen) atoms. The van der Waals surface area contributed by atoms with E-state index in [0.717, 1.165) is 38.4 Å². The summed E-state index contributed by atoms with van der Waals surface area (Å²) >= 11 is 1.48. The minimum Gasteiger partial charge on any atom is -0.383 e. The highest BCUT2D eigenvalue weighted by Crippen LogP contribution is 2.14. The van der Waals surface area contributed by atoms with Gasteiger partial charge < -0.3 is 15.8 Å². The van der Waals surface area contributed by atoms with Gasteiger partial charge >= 0.3 is 0 Å². The third-order valence-corrected chi connectivity index (χ3v) is 2.87. The van der Waals surface area contributed by atoms with Crippen LogP contribution in [0.4, 0.5) is 11.6 Å². The summed E-state index contributed by atoms with van der Waals surface area (Å²) in [6.07, 6.45) is 5.20. The van der Waals surface area contributed by atoms with Gasteiger partial charge in [-0.1, -0.05) is 25.1 Å². The van der Waals surface area contributed by atoms with Gasteiger partial charge in [0, 0.05) is 25.8 Å². The average Bonchev–Trinajstić information content (AvgIpc) is 2.37. The molecule has 3 N–H and O–H groups in total. The van der Waals surface area contributed by atoms with Crippen LogP contribution in [0, 0.1) is 0 Å². The summed E-state index contributed by atoms with van der Waals surface area (Å²) in [6.45, 7) is 4.63. The molecule has 0 fully saturated rings. The van der Waals surface area contributed by atoms with Crippen LogP contribution in [-0.2, 0) is 4.74 Å². The number of ether oxygens (including phenoxy) is 1. The van der Waals surface area contributed by atoms with Gasteiger partial charge in [0.2, 0.25) is 0 Å². The van der Waals surface area contributed by atoms with Crippen molar-refractivity contribution in [2.24, 2.45) is 0 Å². The summed E-state index contributed by atoms with van der Waals surface area (Å²) in [5, 5.41) is 3.92. The first-order chi connectivity index (χ1) is 8.76. The molecule has 0 aromatic carbocycles. The molecule has 1 heterocycles. The Morgan fingerprint density at radius 2 is 2.11 bits per heavy atom. The zero-order valence-electron chi connectivity index (χ0n) is 11.1. The van der Waals surface area contributed by atoms with E-state index in [-0.39, 0.29) is 0 Å². The van der Waals surface area contributed by atoms with E-state index in [2.05, 4.69) is 22.2 Å². The van der Waals surface area contributed by atoms with Gasteiger partial charge in [0.25, 0.3) is 0 Å². The number of nitrogen functional groups attached to an aromatic ring is 1.